The average Bonchev–Trinajstić information content (AvgIpc) is 2.99. The molecule has 0 aliphatic carbocycles. The van der Waals surface area contributed by atoms with Gasteiger partial charge in [-0.05, 0) is 35.9 Å². The highest BCUT2D eigenvalue weighted by Gasteiger charge is 2.28. The van der Waals surface area contributed by atoms with E-state index < -0.39 is 21.8 Å². The summed E-state index contributed by atoms with van der Waals surface area (Å²) in [6, 6.07) is 13.2. The van der Waals surface area contributed by atoms with Crippen LogP contribution in [-0.2, 0) is 16.6 Å². The van der Waals surface area contributed by atoms with Crippen molar-refractivity contribution < 1.29 is 18.0 Å². The molecule has 0 spiro atoms. The largest absolute Gasteiger partial charge is 0.309 e. The molecule has 2 amide bonds. The van der Waals surface area contributed by atoms with E-state index in [-0.39, 0.29) is 33.8 Å². The summed E-state index contributed by atoms with van der Waals surface area (Å²) in [5.41, 5.74) is 0.641. The van der Waals surface area contributed by atoms with Crippen molar-refractivity contribution >= 4 is 39.1 Å². The van der Waals surface area contributed by atoms with Crippen LogP contribution in [0.4, 0.5) is 5.69 Å². The van der Waals surface area contributed by atoms with Gasteiger partial charge in [-0.25, -0.2) is 8.42 Å². The number of imide groups is 1. The summed E-state index contributed by atoms with van der Waals surface area (Å²) in [6.45, 7) is 0.162. The van der Waals surface area contributed by atoms with E-state index in [4.69, 9.17) is 11.6 Å². The van der Waals surface area contributed by atoms with Gasteiger partial charge in [-0.3, -0.25) is 24.4 Å². The van der Waals surface area contributed by atoms with Crippen LogP contribution in [0.15, 0.2) is 70.5 Å². The smallest absolute Gasteiger partial charge is 0.261 e. The molecule has 2 N–H and O–H groups in total. The van der Waals surface area contributed by atoms with Gasteiger partial charge in [0.15, 0.2) is 0 Å². The molecule has 0 fully saturated rings. The Morgan fingerprint density at radius 2 is 1.67 bits per heavy atom. The zero-order valence-electron chi connectivity index (χ0n) is 15.3. The number of aromatic nitrogens is 1. The van der Waals surface area contributed by atoms with E-state index in [2.05, 4.69) is 10.0 Å². The maximum Gasteiger partial charge on any atom is 0.261 e. The van der Waals surface area contributed by atoms with E-state index in [1.165, 1.54) is 35.0 Å². The number of halogens is 1. The van der Waals surface area contributed by atoms with Crippen LogP contribution in [0.2, 0.25) is 5.02 Å². The van der Waals surface area contributed by atoms with Crippen LogP contribution >= 0.6 is 11.6 Å². The number of nitrogens with one attached hydrogen (secondary N) is 2. The van der Waals surface area contributed by atoms with E-state index in [1.54, 1.807) is 24.3 Å². The first kappa shape index (κ1) is 19.9. The second-order valence-corrected chi connectivity index (χ2v) is 8.66. The molecule has 30 heavy (non-hydrogen) atoms. The Morgan fingerprint density at radius 3 is 2.43 bits per heavy atom. The molecule has 0 unspecified atom stereocenters. The monoisotopic (exact) mass is 443 g/mol. The number of hydrogen-bond acceptors (Lipinski definition) is 5. The number of nitrogens with zero attached hydrogens (tertiary/aromatic N) is 1. The zero-order valence-corrected chi connectivity index (χ0v) is 16.8. The van der Waals surface area contributed by atoms with Crippen LogP contribution in [0.3, 0.4) is 0 Å². The first-order chi connectivity index (χ1) is 14.2. The molecule has 0 saturated carbocycles. The quantitative estimate of drug-likeness (QED) is 0.587. The highest BCUT2D eigenvalue weighted by Crippen LogP contribution is 2.22. The third kappa shape index (κ3) is 3.72. The van der Waals surface area contributed by atoms with Crippen LogP contribution in [0.25, 0.3) is 0 Å². The topological polar surface area (TPSA) is 114 Å². The third-order valence-corrected chi connectivity index (χ3v) is 6.30. The second-order valence-electron chi connectivity index (χ2n) is 6.57. The fourth-order valence-electron chi connectivity index (χ4n) is 3.05. The number of pyridine rings is 1. The molecule has 3 aromatic rings. The Labute approximate surface area is 176 Å². The van der Waals surface area contributed by atoms with Crippen LogP contribution in [0.1, 0.15) is 26.3 Å². The number of sulfonamides is 1. The van der Waals surface area contributed by atoms with Crippen LogP contribution in [-0.4, -0.2) is 24.8 Å². The molecule has 0 radical (unpaired) electrons. The molecule has 0 saturated heterocycles. The van der Waals surface area contributed by atoms with Crippen LogP contribution < -0.4 is 15.6 Å². The fraction of sp³-hybridized carbons (Fsp3) is 0.0500. The van der Waals surface area contributed by atoms with E-state index in [9.17, 15) is 22.8 Å². The lowest BCUT2D eigenvalue weighted by Gasteiger charge is -2.12. The number of benzene rings is 2. The second kappa shape index (κ2) is 7.43. The van der Waals surface area contributed by atoms with Gasteiger partial charge in [-0.1, -0.05) is 29.8 Å². The molecule has 1 aliphatic rings. The van der Waals surface area contributed by atoms with Crippen molar-refractivity contribution in [2.75, 3.05) is 4.72 Å². The molecule has 0 atom stereocenters. The Balaban J connectivity index is 1.64. The van der Waals surface area contributed by atoms with Crippen molar-refractivity contribution in [2.45, 2.75) is 11.4 Å². The molecular formula is C20H14ClN3O5S. The Bertz CT molecular complexity index is 1360. The molecule has 2 aromatic carbocycles. The molecule has 152 valence electrons. The number of rotatable bonds is 5. The number of carbonyl (C=O) groups is 2. The molecule has 1 aromatic heterocycles. The van der Waals surface area contributed by atoms with E-state index in [1.807, 2.05) is 0 Å². The maximum absolute atomic E-state index is 12.8. The summed E-state index contributed by atoms with van der Waals surface area (Å²) in [5, 5.41) is 2.60. The zero-order chi connectivity index (χ0) is 21.5. The molecule has 4 rings (SSSR count). The molecule has 10 heteroatoms. The summed E-state index contributed by atoms with van der Waals surface area (Å²) in [4.78, 5) is 35.4. The van der Waals surface area contributed by atoms with Gasteiger partial charge in [-0.2, -0.15) is 0 Å². The van der Waals surface area contributed by atoms with Gasteiger partial charge < -0.3 is 4.57 Å². The maximum atomic E-state index is 12.8. The first-order valence-electron chi connectivity index (χ1n) is 8.71. The molecule has 1 aliphatic heterocycles. The van der Waals surface area contributed by atoms with Gasteiger partial charge in [-0.15, -0.1) is 0 Å². The minimum atomic E-state index is -4.07. The van der Waals surface area contributed by atoms with Gasteiger partial charge in [0.05, 0.1) is 28.3 Å². The van der Waals surface area contributed by atoms with Gasteiger partial charge in [0, 0.05) is 17.3 Å². The minimum absolute atomic E-state index is 0.00781. The first-order valence-corrected chi connectivity index (χ1v) is 10.6. The minimum Gasteiger partial charge on any atom is -0.309 e. The van der Waals surface area contributed by atoms with Crippen LogP contribution in [0.5, 0.6) is 0 Å². The standard InChI is InChI=1S/C20H14ClN3O5S/c21-17-4-2-1-3-12(17)10-24-11-13(5-8-18(24)25)23-30(28,29)14-6-7-15-16(9-14)20(27)22-19(15)26/h1-9,11,23H,10H2,(H,22,26,27). The normalized spacial score (nSPS) is 13.1. The molecule has 8 nitrogen and oxygen atoms in total. The fourth-order valence-corrected chi connectivity index (χ4v) is 4.32. The van der Waals surface area contributed by atoms with Crippen molar-refractivity contribution in [2.24, 2.45) is 0 Å². The Hall–Kier alpha value is -3.43. The van der Waals surface area contributed by atoms with Gasteiger partial charge in [0.1, 0.15) is 0 Å². The van der Waals surface area contributed by atoms with Crippen LogP contribution in [0, 0.1) is 0 Å². The number of carbonyl (C=O) groups excluding carboxylic acids is 2. The molecule has 2 heterocycles. The van der Waals surface area contributed by atoms with Crippen molar-refractivity contribution in [3.8, 4) is 0 Å². The van der Waals surface area contributed by atoms with Crippen molar-refractivity contribution in [1.82, 2.24) is 9.88 Å². The van der Waals surface area contributed by atoms with E-state index >= 15 is 0 Å². The predicted molar refractivity (Wildman–Crippen MR) is 110 cm³/mol. The van der Waals surface area contributed by atoms with Crippen molar-refractivity contribution in [3.63, 3.8) is 0 Å². The van der Waals surface area contributed by atoms with Gasteiger partial charge in [0.2, 0.25) is 0 Å². The molecular weight excluding hydrogens is 430 g/mol. The van der Waals surface area contributed by atoms with E-state index in [0.29, 0.717) is 10.6 Å². The van der Waals surface area contributed by atoms with Gasteiger partial charge >= 0.3 is 0 Å². The summed E-state index contributed by atoms with van der Waals surface area (Å²) in [6.07, 6.45) is 1.37. The average molecular weight is 444 g/mol. The lowest BCUT2D eigenvalue weighted by molar-refractivity contribution is 0.0879. The van der Waals surface area contributed by atoms with E-state index in [0.717, 1.165) is 6.07 Å². The summed E-state index contributed by atoms with van der Waals surface area (Å²) < 4.78 is 29.2. The lowest BCUT2D eigenvalue weighted by Crippen LogP contribution is -2.21. The summed E-state index contributed by atoms with van der Waals surface area (Å²) in [7, 11) is -4.07. The van der Waals surface area contributed by atoms with Gasteiger partial charge in [0.25, 0.3) is 27.4 Å². The number of amides is 2. The highest BCUT2D eigenvalue weighted by molar-refractivity contribution is 7.92. The van der Waals surface area contributed by atoms with Crippen molar-refractivity contribution in [3.05, 3.63) is 92.9 Å². The van der Waals surface area contributed by atoms with Crippen molar-refractivity contribution in [1.29, 1.82) is 0 Å². The number of fused-ring (bicyclic) bond motifs is 1. The predicted octanol–water partition coefficient (Wildman–Crippen LogP) is 2.23. The summed E-state index contributed by atoms with van der Waals surface area (Å²) in [5.74, 6) is -1.22. The SMILES string of the molecule is O=C1NC(=O)c2cc(S(=O)(=O)Nc3ccc(=O)n(Cc4ccccc4Cl)c3)ccc21. The third-order valence-electron chi connectivity index (χ3n) is 4.55. The highest BCUT2D eigenvalue weighted by atomic mass is 35.5. The Morgan fingerprint density at radius 1 is 0.933 bits per heavy atom. The molecule has 0 bridgehead atoms. The number of anilines is 1. The lowest BCUT2D eigenvalue weighted by atomic mass is 10.1. The number of hydrogen-bond donors (Lipinski definition) is 2. The Kier molecular flexibility index (Phi) is 4.92. The summed E-state index contributed by atoms with van der Waals surface area (Å²) >= 11 is 6.14.